The molecule has 6 nitrogen and oxygen atoms in total. The molecule has 0 aliphatic rings. The largest absolute Gasteiger partial charge is 0.490 e. The summed E-state index contributed by atoms with van der Waals surface area (Å²) in [6, 6.07) is 5.97. The molecule has 0 spiro atoms. The summed E-state index contributed by atoms with van der Waals surface area (Å²) in [5.41, 5.74) is 6.66. The van der Waals surface area contributed by atoms with Crippen molar-refractivity contribution in [2.75, 3.05) is 6.61 Å². The van der Waals surface area contributed by atoms with Gasteiger partial charge in [0.15, 0.2) is 17.3 Å². The molecule has 0 fully saturated rings. The number of ether oxygens (including phenoxy) is 2. The lowest BCUT2D eigenvalue weighted by Crippen LogP contribution is -2.11. The highest BCUT2D eigenvalue weighted by molar-refractivity contribution is 5.43. The Labute approximate surface area is 124 Å². The molecule has 0 radical (unpaired) electrons. The molecule has 6 heteroatoms. The predicted molar refractivity (Wildman–Crippen MR) is 80.2 cm³/mol. The number of aromatic nitrogens is 3. The summed E-state index contributed by atoms with van der Waals surface area (Å²) in [4.78, 5) is 4.23. The first kappa shape index (κ1) is 15.3. The fourth-order valence-electron chi connectivity index (χ4n) is 2.02. The molecule has 2 N–H and O–H groups in total. The van der Waals surface area contributed by atoms with E-state index in [1.807, 2.05) is 29.8 Å². The van der Waals surface area contributed by atoms with Crippen molar-refractivity contribution in [3.8, 4) is 11.5 Å². The van der Waals surface area contributed by atoms with Gasteiger partial charge in [-0.2, -0.15) is 5.10 Å². The van der Waals surface area contributed by atoms with E-state index >= 15 is 0 Å². The zero-order valence-electron chi connectivity index (χ0n) is 12.7. The summed E-state index contributed by atoms with van der Waals surface area (Å²) in [6.07, 6.45) is 1.54. The number of nitrogens with two attached hydrogens (primary N) is 1. The molecule has 0 atom stereocenters. The maximum atomic E-state index is 5.84. The zero-order valence-corrected chi connectivity index (χ0v) is 12.7. The number of rotatable bonds is 7. The van der Waals surface area contributed by atoms with Crippen molar-refractivity contribution >= 4 is 0 Å². The third-order valence-electron chi connectivity index (χ3n) is 3.04. The highest BCUT2D eigenvalue weighted by Gasteiger charge is 2.11. The van der Waals surface area contributed by atoms with Gasteiger partial charge in [-0.25, -0.2) is 9.67 Å². The second-order valence-electron chi connectivity index (χ2n) is 4.92. The van der Waals surface area contributed by atoms with Crippen LogP contribution in [-0.2, 0) is 13.2 Å². The molecule has 2 aromatic rings. The first-order chi connectivity index (χ1) is 10.2. The highest BCUT2D eigenvalue weighted by atomic mass is 16.5. The Hall–Kier alpha value is -2.08. The SMILES string of the molecule is CCOc1cc(CN)ccc1OCc1ncnn1C(C)C. The van der Waals surface area contributed by atoms with E-state index in [2.05, 4.69) is 23.9 Å². The average Bonchev–Trinajstić information content (AvgIpc) is 2.95. The first-order valence-corrected chi connectivity index (χ1v) is 7.12. The molecule has 1 aromatic carbocycles. The molecule has 0 bridgehead atoms. The summed E-state index contributed by atoms with van der Waals surface area (Å²) in [7, 11) is 0. The van der Waals surface area contributed by atoms with Gasteiger partial charge in [0.2, 0.25) is 0 Å². The van der Waals surface area contributed by atoms with Crippen molar-refractivity contribution in [1.82, 2.24) is 14.8 Å². The maximum absolute atomic E-state index is 5.84. The van der Waals surface area contributed by atoms with Gasteiger partial charge in [-0.1, -0.05) is 6.07 Å². The molecule has 1 aromatic heterocycles. The number of nitrogens with zero attached hydrogens (tertiary/aromatic N) is 3. The average molecular weight is 290 g/mol. The van der Waals surface area contributed by atoms with E-state index in [1.165, 1.54) is 0 Å². The second kappa shape index (κ2) is 7.08. The van der Waals surface area contributed by atoms with Gasteiger partial charge in [0.05, 0.1) is 6.61 Å². The van der Waals surface area contributed by atoms with Crippen molar-refractivity contribution in [3.05, 3.63) is 35.9 Å². The molecule has 114 valence electrons. The molecular formula is C15H22N4O2. The Kier molecular flexibility index (Phi) is 5.16. The molecule has 21 heavy (non-hydrogen) atoms. The third-order valence-corrected chi connectivity index (χ3v) is 3.04. The van der Waals surface area contributed by atoms with Crippen LogP contribution in [0.15, 0.2) is 24.5 Å². The molecule has 0 aliphatic carbocycles. The van der Waals surface area contributed by atoms with E-state index in [0.29, 0.717) is 31.3 Å². The van der Waals surface area contributed by atoms with E-state index in [4.69, 9.17) is 15.2 Å². The van der Waals surface area contributed by atoms with Crippen molar-refractivity contribution in [2.24, 2.45) is 5.73 Å². The van der Waals surface area contributed by atoms with Crippen molar-refractivity contribution in [1.29, 1.82) is 0 Å². The molecule has 0 saturated heterocycles. The fourth-order valence-corrected chi connectivity index (χ4v) is 2.02. The van der Waals surface area contributed by atoms with Crippen LogP contribution in [0.1, 0.15) is 38.2 Å². The molecule has 0 unspecified atom stereocenters. The van der Waals surface area contributed by atoms with Gasteiger partial charge in [-0.3, -0.25) is 0 Å². The standard InChI is InChI=1S/C15H22N4O2/c1-4-20-14-7-12(8-16)5-6-13(14)21-9-15-17-10-18-19(15)11(2)3/h5-7,10-11H,4,8-9,16H2,1-3H3. The summed E-state index contributed by atoms with van der Waals surface area (Å²) in [6.45, 7) is 7.45. The van der Waals surface area contributed by atoms with Gasteiger partial charge in [0.25, 0.3) is 0 Å². The smallest absolute Gasteiger partial charge is 0.165 e. The van der Waals surface area contributed by atoms with E-state index < -0.39 is 0 Å². The zero-order chi connectivity index (χ0) is 15.2. The van der Waals surface area contributed by atoms with Crippen LogP contribution in [-0.4, -0.2) is 21.4 Å². The molecule has 1 heterocycles. The molecule has 0 amide bonds. The molecule has 2 rings (SSSR count). The summed E-state index contributed by atoms with van der Waals surface area (Å²) in [5, 5.41) is 4.19. The number of hydrogen-bond acceptors (Lipinski definition) is 5. The number of benzene rings is 1. The van der Waals surface area contributed by atoms with Crippen LogP contribution in [0.4, 0.5) is 0 Å². The first-order valence-electron chi connectivity index (χ1n) is 7.12. The lowest BCUT2D eigenvalue weighted by Gasteiger charge is -2.14. The Balaban J connectivity index is 2.13. The van der Waals surface area contributed by atoms with Crippen LogP contribution in [0.5, 0.6) is 11.5 Å². The van der Waals surface area contributed by atoms with Gasteiger partial charge in [0.1, 0.15) is 12.9 Å². The summed E-state index contributed by atoms with van der Waals surface area (Å²) >= 11 is 0. The van der Waals surface area contributed by atoms with Crippen molar-refractivity contribution < 1.29 is 9.47 Å². The second-order valence-corrected chi connectivity index (χ2v) is 4.92. The fraction of sp³-hybridized carbons (Fsp3) is 0.467. The van der Waals surface area contributed by atoms with Crippen LogP contribution < -0.4 is 15.2 Å². The topological polar surface area (TPSA) is 75.2 Å². The van der Waals surface area contributed by atoms with Crippen molar-refractivity contribution in [3.63, 3.8) is 0 Å². The minimum atomic E-state index is 0.247. The van der Waals surface area contributed by atoms with E-state index in [0.717, 1.165) is 11.4 Å². The van der Waals surface area contributed by atoms with E-state index in [9.17, 15) is 0 Å². The normalized spacial score (nSPS) is 10.9. The quantitative estimate of drug-likeness (QED) is 0.846. The Morgan fingerprint density at radius 2 is 2.05 bits per heavy atom. The van der Waals surface area contributed by atoms with E-state index in [-0.39, 0.29) is 6.04 Å². The molecule has 0 aliphatic heterocycles. The number of hydrogen-bond donors (Lipinski definition) is 1. The summed E-state index contributed by atoms with van der Waals surface area (Å²) in [5.74, 6) is 2.18. The van der Waals surface area contributed by atoms with Crippen LogP contribution in [0.2, 0.25) is 0 Å². The van der Waals surface area contributed by atoms with Gasteiger partial charge in [-0.15, -0.1) is 0 Å². The van der Waals surface area contributed by atoms with Gasteiger partial charge < -0.3 is 15.2 Å². The lowest BCUT2D eigenvalue weighted by molar-refractivity contribution is 0.255. The molecular weight excluding hydrogens is 268 g/mol. The van der Waals surface area contributed by atoms with Crippen LogP contribution in [0, 0.1) is 0 Å². The van der Waals surface area contributed by atoms with Crippen LogP contribution >= 0.6 is 0 Å². The lowest BCUT2D eigenvalue weighted by atomic mass is 10.2. The van der Waals surface area contributed by atoms with Gasteiger partial charge >= 0.3 is 0 Å². The highest BCUT2D eigenvalue weighted by Crippen LogP contribution is 2.29. The maximum Gasteiger partial charge on any atom is 0.165 e. The Morgan fingerprint density at radius 3 is 2.71 bits per heavy atom. The Bertz CT molecular complexity index is 581. The van der Waals surface area contributed by atoms with Gasteiger partial charge in [0, 0.05) is 12.6 Å². The monoisotopic (exact) mass is 290 g/mol. The minimum absolute atomic E-state index is 0.247. The summed E-state index contributed by atoms with van der Waals surface area (Å²) < 4.78 is 13.3. The van der Waals surface area contributed by atoms with Gasteiger partial charge in [-0.05, 0) is 38.5 Å². The van der Waals surface area contributed by atoms with E-state index in [1.54, 1.807) is 6.33 Å². The van der Waals surface area contributed by atoms with Crippen LogP contribution in [0.25, 0.3) is 0 Å². The minimum Gasteiger partial charge on any atom is -0.490 e. The van der Waals surface area contributed by atoms with Crippen LogP contribution in [0.3, 0.4) is 0 Å². The third kappa shape index (κ3) is 3.72. The predicted octanol–water partition coefficient (Wildman–Crippen LogP) is 2.30. The Morgan fingerprint density at radius 1 is 1.24 bits per heavy atom. The van der Waals surface area contributed by atoms with Crippen molar-refractivity contribution in [2.45, 2.75) is 40.0 Å². The molecule has 0 saturated carbocycles.